The van der Waals surface area contributed by atoms with Gasteiger partial charge >= 0.3 is 0 Å². The lowest BCUT2D eigenvalue weighted by Crippen LogP contribution is -2.22. The zero-order valence-corrected chi connectivity index (χ0v) is 14.5. The second-order valence-corrected chi connectivity index (χ2v) is 7.65. The third kappa shape index (κ3) is 3.38. The number of anilines is 1. The number of carbonyl (C=O) groups is 1. The fraction of sp³-hybridized carbons (Fsp3) is 0.235. The number of hydrogen-bond donors (Lipinski definition) is 2. The van der Waals surface area contributed by atoms with Gasteiger partial charge in [-0.3, -0.25) is 10.1 Å². The summed E-state index contributed by atoms with van der Waals surface area (Å²) < 4.78 is 1.06. The average molecular weight is 356 g/mol. The fourth-order valence-electron chi connectivity index (χ4n) is 2.61. The first kappa shape index (κ1) is 15.4. The van der Waals surface area contributed by atoms with Crippen LogP contribution < -0.4 is 10.6 Å². The second-order valence-electron chi connectivity index (χ2n) is 5.56. The molecule has 5 nitrogen and oxygen atoms in total. The Kier molecular flexibility index (Phi) is 4.38. The van der Waals surface area contributed by atoms with Crippen LogP contribution in [0, 0.1) is 0 Å². The average Bonchev–Trinajstić information content (AvgIpc) is 3.22. The lowest BCUT2D eigenvalue weighted by atomic mass is 10.1. The quantitative estimate of drug-likeness (QED) is 0.750. The van der Waals surface area contributed by atoms with Crippen molar-refractivity contribution in [1.82, 2.24) is 15.3 Å². The summed E-state index contributed by atoms with van der Waals surface area (Å²) in [5, 5.41) is 7.72. The van der Waals surface area contributed by atoms with E-state index in [1.807, 2.05) is 24.3 Å². The van der Waals surface area contributed by atoms with Crippen LogP contribution in [0.15, 0.2) is 36.0 Å². The van der Waals surface area contributed by atoms with Gasteiger partial charge in [0.25, 0.3) is 5.91 Å². The minimum Gasteiger partial charge on any atom is -0.316 e. The molecule has 2 N–H and O–H groups in total. The van der Waals surface area contributed by atoms with E-state index in [1.54, 1.807) is 6.20 Å². The molecule has 3 aromatic rings. The topological polar surface area (TPSA) is 66.9 Å². The van der Waals surface area contributed by atoms with Crippen molar-refractivity contribution in [3.05, 3.63) is 45.9 Å². The molecule has 24 heavy (non-hydrogen) atoms. The van der Waals surface area contributed by atoms with Gasteiger partial charge in [0.1, 0.15) is 9.88 Å². The predicted octanol–water partition coefficient (Wildman–Crippen LogP) is 3.77. The van der Waals surface area contributed by atoms with Crippen molar-refractivity contribution in [2.45, 2.75) is 12.8 Å². The largest absolute Gasteiger partial charge is 0.316 e. The number of nitrogens with zero attached hydrogens (tertiary/aromatic N) is 2. The summed E-state index contributed by atoms with van der Waals surface area (Å²) in [6.45, 7) is 2.03. The van der Waals surface area contributed by atoms with Crippen LogP contribution in [0.25, 0.3) is 16.3 Å². The van der Waals surface area contributed by atoms with E-state index in [0.29, 0.717) is 10.0 Å². The van der Waals surface area contributed by atoms with E-state index in [-0.39, 0.29) is 5.91 Å². The number of rotatable bonds is 3. The minimum absolute atomic E-state index is 0.151. The second kappa shape index (κ2) is 6.80. The first-order valence-electron chi connectivity index (χ1n) is 7.81. The van der Waals surface area contributed by atoms with Gasteiger partial charge in [0, 0.05) is 0 Å². The first-order valence-corrected chi connectivity index (χ1v) is 9.44. The van der Waals surface area contributed by atoms with Gasteiger partial charge in [-0.1, -0.05) is 29.0 Å². The molecule has 0 radical (unpaired) electrons. The van der Waals surface area contributed by atoms with Gasteiger partial charge in [0.05, 0.1) is 16.4 Å². The van der Waals surface area contributed by atoms with Gasteiger partial charge in [-0.05, 0) is 44.1 Å². The van der Waals surface area contributed by atoms with Crippen LogP contribution in [0.2, 0.25) is 0 Å². The molecule has 0 bridgehead atoms. The Morgan fingerprint density at radius 1 is 1.21 bits per heavy atom. The standard InChI is InChI=1S/C17H16N4OS2/c22-16(21-17-20-12-3-1-2-4-13(12)24-17)14-10-19-15(23-14)9-11-5-7-18-8-6-11/h1-4,9-10,18H,5-8H2,(H,20,21,22). The number of carbonyl (C=O) groups excluding carboxylic acids is 1. The maximum Gasteiger partial charge on any atom is 0.269 e. The number of piperidine rings is 1. The summed E-state index contributed by atoms with van der Waals surface area (Å²) in [6.07, 6.45) is 5.85. The zero-order valence-electron chi connectivity index (χ0n) is 12.9. The van der Waals surface area contributed by atoms with E-state index >= 15 is 0 Å². The molecular formula is C17H16N4OS2. The first-order chi connectivity index (χ1) is 11.8. The van der Waals surface area contributed by atoms with Crippen molar-refractivity contribution >= 4 is 50.0 Å². The highest BCUT2D eigenvalue weighted by Gasteiger charge is 2.13. The number of amides is 1. The monoisotopic (exact) mass is 356 g/mol. The van der Waals surface area contributed by atoms with Crippen molar-refractivity contribution < 1.29 is 4.79 Å². The number of nitrogens with one attached hydrogen (secondary N) is 2. The molecule has 0 atom stereocenters. The molecule has 1 aromatic carbocycles. The molecule has 122 valence electrons. The Balaban J connectivity index is 1.48. The summed E-state index contributed by atoms with van der Waals surface area (Å²) in [5.74, 6) is -0.151. The molecular weight excluding hydrogens is 340 g/mol. The maximum atomic E-state index is 12.4. The van der Waals surface area contributed by atoms with Crippen molar-refractivity contribution in [3.8, 4) is 0 Å². The van der Waals surface area contributed by atoms with Gasteiger partial charge in [0.15, 0.2) is 5.13 Å². The SMILES string of the molecule is O=C(Nc1nc2ccccc2s1)c1cnc(C=C2CCNCC2)s1. The normalized spacial score (nSPS) is 14.8. The van der Waals surface area contributed by atoms with E-state index in [0.717, 1.165) is 41.2 Å². The summed E-state index contributed by atoms with van der Waals surface area (Å²) in [7, 11) is 0. The Morgan fingerprint density at radius 3 is 2.88 bits per heavy atom. The van der Waals surface area contributed by atoms with Crippen molar-refractivity contribution in [2.75, 3.05) is 18.4 Å². The highest BCUT2D eigenvalue weighted by molar-refractivity contribution is 7.22. The third-order valence-electron chi connectivity index (χ3n) is 3.84. The molecule has 2 aromatic heterocycles. The van der Waals surface area contributed by atoms with Crippen LogP contribution in [0.3, 0.4) is 0 Å². The highest BCUT2D eigenvalue weighted by Crippen LogP contribution is 2.26. The predicted molar refractivity (Wildman–Crippen MR) is 99.8 cm³/mol. The molecule has 1 saturated heterocycles. The molecule has 7 heteroatoms. The van der Waals surface area contributed by atoms with Gasteiger partial charge in [-0.25, -0.2) is 9.97 Å². The summed E-state index contributed by atoms with van der Waals surface area (Å²) in [6, 6.07) is 7.85. The molecule has 1 fully saturated rings. The van der Waals surface area contributed by atoms with Crippen LogP contribution >= 0.6 is 22.7 Å². The van der Waals surface area contributed by atoms with Crippen molar-refractivity contribution in [3.63, 3.8) is 0 Å². The fourth-order valence-corrected chi connectivity index (χ4v) is 4.28. The molecule has 0 spiro atoms. The summed E-state index contributed by atoms with van der Waals surface area (Å²) >= 11 is 2.90. The van der Waals surface area contributed by atoms with Crippen molar-refractivity contribution in [2.24, 2.45) is 0 Å². The number of para-hydroxylation sites is 1. The van der Waals surface area contributed by atoms with E-state index in [4.69, 9.17) is 0 Å². The van der Waals surface area contributed by atoms with Crippen LogP contribution in [0.4, 0.5) is 5.13 Å². The molecule has 0 aliphatic carbocycles. The van der Waals surface area contributed by atoms with Gasteiger partial charge in [-0.2, -0.15) is 0 Å². The molecule has 1 aliphatic heterocycles. The van der Waals surface area contributed by atoms with Crippen LogP contribution in [0.1, 0.15) is 27.5 Å². The molecule has 0 unspecified atom stereocenters. The van der Waals surface area contributed by atoms with Gasteiger partial charge < -0.3 is 5.32 Å². The minimum atomic E-state index is -0.151. The Labute approximate surface area is 147 Å². The molecule has 4 rings (SSSR count). The molecule has 1 amide bonds. The van der Waals surface area contributed by atoms with Crippen LogP contribution in [0.5, 0.6) is 0 Å². The molecule has 0 saturated carbocycles. The highest BCUT2D eigenvalue weighted by atomic mass is 32.1. The van der Waals surface area contributed by atoms with E-state index in [2.05, 4.69) is 26.7 Å². The Bertz CT molecular complexity index is 871. The summed E-state index contributed by atoms with van der Waals surface area (Å²) in [4.78, 5) is 21.8. The molecule has 1 aliphatic rings. The number of hydrogen-bond acceptors (Lipinski definition) is 6. The third-order valence-corrected chi connectivity index (χ3v) is 5.73. The van der Waals surface area contributed by atoms with Crippen LogP contribution in [-0.2, 0) is 0 Å². The lowest BCUT2D eigenvalue weighted by Gasteiger charge is -2.14. The van der Waals surface area contributed by atoms with Crippen LogP contribution in [-0.4, -0.2) is 29.0 Å². The van der Waals surface area contributed by atoms with E-state index in [1.165, 1.54) is 28.2 Å². The number of fused-ring (bicyclic) bond motifs is 1. The summed E-state index contributed by atoms with van der Waals surface area (Å²) in [5.41, 5.74) is 2.29. The zero-order chi connectivity index (χ0) is 16.4. The molecule has 3 heterocycles. The van der Waals surface area contributed by atoms with E-state index in [9.17, 15) is 4.79 Å². The smallest absolute Gasteiger partial charge is 0.269 e. The van der Waals surface area contributed by atoms with E-state index < -0.39 is 0 Å². The Morgan fingerprint density at radius 2 is 2.04 bits per heavy atom. The van der Waals surface area contributed by atoms with Crippen molar-refractivity contribution in [1.29, 1.82) is 0 Å². The Hall–Kier alpha value is -2.09. The number of aromatic nitrogens is 2. The maximum absolute atomic E-state index is 12.4. The van der Waals surface area contributed by atoms with Gasteiger partial charge in [0.2, 0.25) is 0 Å². The van der Waals surface area contributed by atoms with Gasteiger partial charge in [-0.15, -0.1) is 11.3 Å². The lowest BCUT2D eigenvalue weighted by molar-refractivity contribution is 0.103. The number of benzene rings is 1. The number of thiazole rings is 2.